The van der Waals surface area contributed by atoms with Crippen molar-refractivity contribution in [2.24, 2.45) is 0 Å². The molecule has 2 heterocycles. The van der Waals surface area contributed by atoms with Crippen LogP contribution < -0.4 is 5.32 Å². The lowest BCUT2D eigenvalue weighted by Crippen LogP contribution is -2.17. The maximum absolute atomic E-state index is 5.50. The largest absolute Gasteiger partial charge is 0.355 e. The summed E-state index contributed by atoms with van der Waals surface area (Å²) in [6, 6.07) is 0.0421. The highest BCUT2D eigenvalue weighted by Gasteiger charge is 2.10. The molecule has 3 nitrogen and oxygen atoms in total. The molecule has 0 saturated carbocycles. The number of aryl methyl sites for hydroxylation is 1. The number of nitrogens with zero attached hydrogens (tertiary/aromatic N) is 2. The molecule has 0 amide bonds. The number of fused-ring (bicyclic) bond motifs is 1. The molecule has 17 heavy (non-hydrogen) atoms. The van der Waals surface area contributed by atoms with Crippen molar-refractivity contribution in [3.8, 4) is 12.3 Å². The molecule has 0 saturated heterocycles. The van der Waals surface area contributed by atoms with Crippen LogP contribution in [0.5, 0.6) is 0 Å². The Balaban J connectivity index is 2.33. The van der Waals surface area contributed by atoms with Crippen molar-refractivity contribution in [3.63, 3.8) is 0 Å². The smallest absolute Gasteiger partial charge is 0.148 e. The van der Waals surface area contributed by atoms with E-state index in [1.807, 2.05) is 0 Å². The van der Waals surface area contributed by atoms with Crippen LogP contribution in [0.4, 0.5) is 5.82 Å². The van der Waals surface area contributed by atoms with E-state index in [9.17, 15) is 0 Å². The Kier molecular flexibility index (Phi) is 3.60. The number of rotatable bonds is 4. The fourth-order valence-electron chi connectivity index (χ4n) is 1.72. The highest BCUT2D eigenvalue weighted by atomic mass is 32.1. The van der Waals surface area contributed by atoms with Crippen LogP contribution in [0.1, 0.15) is 25.3 Å². The predicted octanol–water partition coefficient (Wildman–Crippen LogP) is 3.21. The van der Waals surface area contributed by atoms with Crippen LogP contribution in [-0.4, -0.2) is 16.0 Å². The molecular weight excluding hydrogens is 230 g/mol. The summed E-state index contributed by atoms with van der Waals surface area (Å²) >= 11 is 1.66. The maximum atomic E-state index is 5.50. The van der Waals surface area contributed by atoms with Crippen molar-refractivity contribution in [2.75, 3.05) is 5.32 Å². The van der Waals surface area contributed by atoms with Gasteiger partial charge in [0.2, 0.25) is 0 Å². The van der Waals surface area contributed by atoms with Gasteiger partial charge in [0.25, 0.3) is 0 Å². The second kappa shape index (κ2) is 5.15. The summed E-state index contributed by atoms with van der Waals surface area (Å²) in [7, 11) is 0. The van der Waals surface area contributed by atoms with E-state index in [0.717, 1.165) is 28.9 Å². The average Bonchev–Trinajstić information content (AvgIpc) is 2.72. The van der Waals surface area contributed by atoms with E-state index in [0.29, 0.717) is 0 Å². The van der Waals surface area contributed by atoms with Crippen LogP contribution in [0.2, 0.25) is 0 Å². The average molecular weight is 245 g/mol. The van der Waals surface area contributed by atoms with Gasteiger partial charge in [0.05, 0.1) is 16.3 Å². The Hall–Kier alpha value is -1.60. The minimum Gasteiger partial charge on any atom is -0.355 e. The number of hydrogen-bond acceptors (Lipinski definition) is 4. The molecule has 2 aromatic heterocycles. The monoisotopic (exact) mass is 245 g/mol. The molecule has 0 spiro atoms. The SMILES string of the molecule is C#CC(CCC)Nc1ncnc2c(C)csc12. The summed E-state index contributed by atoms with van der Waals surface area (Å²) in [4.78, 5) is 8.57. The molecule has 2 rings (SSSR count). The fraction of sp³-hybridized carbons (Fsp3) is 0.385. The van der Waals surface area contributed by atoms with E-state index in [-0.39, 0.29) is 6.04 Å². The van der Waals surface area contributed by atoms with Crippen molar-refractivity contribution in [1.29, 1.82) is 0 Å². The van der Waals surface area contributed by atoms with Gasteiger partial charge in [-0.15, -0.1) is 17.8 Å². The molecule has 0 aliphatic heterocycles. The van der Waals surface area contributed by atoms with Crippen LogP contribution in [-0.2, 0) is 0 Å². The zero-order chi connectivity index (χ0) is 12.3. The summed E-state index contributed by atoms with van der Waals surface area (Å²) in [6.07, 6.45) is 9.10. The Labute approximate surface area is 105 Å². The van der Waals surface area contributed by atoms with E-state index >= 15 is 0 Å². The molecule has 0 aromatic carbocycles. The van der Waals surface area contributed by atoms with Crippen molar-refractivity contribution in [2.45, 2.75) is 32.7 Å². The first-order valence-electron chi connectivity index (χ1n) is 5.67. The molecule has 0 radical (unpaired) electrons. The third-order valence-electron chi connectivity index (χ3n) is 2.62. The normalized spacial score (nSPS) is 12.3. The Morgan fingerprint density at radius 3 is 3.06 bits per heavy atom. The third kappa shape index (κ3) is 2.40. The quantitative estimate of drug-likeness (QED) is 0.840. The van der Waals surface area contributed by atoms with Crippen LogP contribution in [0.15, 0.2) is 11.7 Å². The lowest BCUT2D eigenvalue weighted by Gasteiger charge is -2.12. The van der Waals surface area contributed by atoms with Gasteiger partial charge in [-0.1, -0.05) is 19.3 Å². The van der Waals surface area contributed by atoms with Crippen molar-refractivity contribution in [3.05, 3.63) is 17.3 Å². The van der Waals surface area contributed by atoms with E-state index in [2.05, 4.69) is 40.4 Å². The van der Waals surface area contributed by atoms with E-state index in [4.69, 9.17) is 6.42 Å². The Morgan fingerprint density at radius 1 is 1.53 bits per heavy atom. The standard InChI is InChI=1S/C13H15N3S/c1-4-6-10(5-2)16-13-12-11(14-8-15-13)9(3)7-17-12/h2,7-8,10H,4,6H2,1,3H3,(H,14,15,16). The number of anilines is 1. The van der Waals surface area contributed by atoms with Crippen molar-refractivity contribution < 1.29 is 0 Å². The van der Waals surface area contributed by atoms with Crippen molar-refractivity contribution in [1.82, 2.24) is 9.97 Å². The van der Waals surface area contributed by atoms with Gasteiger partial charge in [0, 0.05) is 0 Å². The van der Waals surface area contributed by atoms with Gasteiger partial charge in [-0.05, 0) is 24.3 Å². The number of aromatic nitrogens is 2. The topological polar surface area (TPSA) is 37.8 Å². The molecule has 1 atom stereocenters. The molecule has 1 N–H and O–H groups in total. The highest BCUT2D eigenvalue weighted by molar-refractivity contribution is 7.18. The zero-order valence-electron chi connectivity index (χ0n) is 10.0. The van der Waals surface area contributed by atoms with Crippen LogP contribution in [0.25, 0.3) is 10.2 Å². The molecule has 0 aliphatic rings. The molecule has 88 valence electrons. The predicted molar refractivity (Wildman–Crippen MR) is 73.3 cm³/mol. The van der Waals surface area contributed by atoms with Gasteiger partial charge >= 0.3 is 0 Å². The van der Waals surface area contributed by atoms with E-state index in [1.165, 1.54) is 5.56 Å². The first kappa shape index (κ1) is 11.9. The minimum atomic E-state index is 0.0421. The van der Waals surface area contributed by atoms with Crippen LogP contribution >= 0.6 is 11.3 Å². The second-order valence-electron chi connectivity index (χ2n) is 3.97. The lowest BCUT2D eigenvalue weighted by molar-refractivity contribution is 0.753. The van der Waals surface area contributed by atoms with Gasteiger partial charge in [-0.3, -0.25) is 0 Å². The van der Waals surface area contributed by atoms with E-state index in [1.54, 1.807) is 17.7 Å². The van der Waals surface area contributed by atoms with Crippen LogP contribution in [0.3, 0.4) is 0 Å². The zero-order valence-corrected chi connectivity index (χ0v) is 10.8. The minimum absolute atomic E-state index is 0.0421. The molecule has 0 fully saturated rings. The first-order valence-corrected chi connectivity index (χ1v) is 6.55. The second-order valence-corrected chi connectivity index (χ2v) is 4.85. The van der Waals surface area contributed by atoms with Gasteiger partial charge < -0.3 is 5.32 Å². The number of thiophene rings is 1. The number of hydrogen-bond donors (Lipinski definition) is 1. The van der Waals surface area contributed by atoms with Gasteiger partial charge in [-0.2, -0.15) is 0 Å². The fourth-order valence-corrected chi connectivity index (χ4v) is 2.68. The highest BCUT2D eigenvalue weighted by Crippen LogP contribution is 2.28. The van der Waals surface area contributed by atoms with Gasteiger partial charge in [0.15, 0.2) is 0 Å². The molecule has 0 aliphatic carbocycles. The molecule has 4 heteroatoms. The lowest BCUT2D eigenvalue weighted by atomic mass is 10.2. The van der Waals surface area contributed by atoms with Gasteiger partial charge in [-0.25, -0.2) is 9.97 Å². The first-order chi connectivity index (χ1) is 8.26. The summed E-state index contributed by atoms with van der Waals surface area (Å²) < 4.78 is 1.08. The number of terminal acetylenes is 1. The van der Waals surface area contributed by atoms with Crippen LogP contribution in [0, 0.1) is 19.3 Å². The summed E-state index contributed by atoms with van der Waals surface area (Å²) in [5, 5.41) is 5.40. The third-order valence-corrected chi connectivity index (χ3v) is 3.71. The summed E-state index contributed by atoms with van der Waals surface area (Å²) in [5.74, 6) is 3.61. The Morgan fingerprint density at radius 2 is 2.35 bits per heavy atom. The van der Waals surface area contributed by atoms with Gasteiger partial charge in [0.1, 0.15) is 12.1 Å². The van der Waals surface area contributed by atoms with E-state index < -0.39 is 0 Å². The Bertz CT molecular complexity index is 553. The summed E-state index contributed by atoms with van der Waals surface area (Å²) in [6.45, 7) is 4.18. The summed E-state index contributed by atoms with van der Waals surface area (Å²) in [5.41, 5.74) is 2.20. The number of nitrogens with one attached hydrogen (secondary N) is 1. The maximum Gasteiger partial charge on any atom is 0.148 e. The van der Waals surface area contributed by atoms with Crippen molar-refractivity contribution >= 4 is 27.4 Å². The molecular formula is C13H15N3S. The molecule has 2 aromatic rings. The molecule has 1 unspecified atom stereocenters. The molecule has 0 bridgehead atoms.